The van der Waals surface area contributed by atoms with Crippen molar-refractivity contribution >= 4 is 29.3 Å². The summed E-state index contributed by atoms with van der Waals surface area (Å²) in [6, 6.07) is 14.9. The molecule has 3 saturated heterocycles. The molecule has 216 valence electrons. The highest BCUT2D eigenvalue weighted by Crippen LogP contribution is 2.73. The van der Waals surface area contributed by atoms with Crippen LogP contribution in [0, 0.1) is 11.2 Å². The van der Waals surface area contributed by atoms with Crippen molar-refractivity contribution in [3.05, 3.63) is 76.9 Å². The topological polar surface area (TPSA) is 119 Å². The highest BCUT2D eigenvalue weighted by atomic mass is 19.1. The molecule has 11 heteroatoms. The average molecular weight is 572 g/mol. The van der Waals surface area contributed by atoms with Gasteiger partial charge in [0.2, 0.25) is 11.7 Å². The maximum Gasteiger partial charge on any atom is 0.374 e. The summed E-state index contributed by atoms with van der Waals surface area (Å²) in [6.45, 7) is 4.86. The minimum atomic E-state index is -1.08. The summed E-state index contributed by atoms with van der Waals surface area (Å²) in [5, 5.41) is 15.4. The van der Waals surface area contributed by atoms with Crippen LogP contribution >= 0.6 is 0 Å². The van der Waals surface area contributed by atoms with E-state index in [1.54, 1.807) is 12.1 Å². The predicted octanol–water partition coefficient (Wildman–Crippen LogP) is 3.65. The number of aromatic carboxylic acids is 1. The molecular weight excluding hydrogens is 541 g/mol. The number of hydrogen-bond donors (Lipinski definition) is 2. The highest BCUT2D eigenvalue weighted by Gasteiger charge is 2.70. The molecule has 2 bridgehead atoms. The molecule has 3 aliphatic carbocycles. The predicted molar refractivity (Wildman–Crippen MR) is 149 cm³/mol. The Bertz CT molecular complexity index is 1620. The zero-order chi connectivity index (χ0) is 28.9. The third-order valence-corrected chi connectivity index (χ3v) is 10.1. The number of carbonyl (C=O) groups excluding carboxylic acids is 2. The molecule has 6 fully saturated rings. The molecule has 3 aromatic rings. The minimum absolute atomic E-state index is 0.0300. The standard InChI is InChI=1S/C31H30FN5O5/c32-22-9-21(5-6-23(22)37-8-7-26(38)33-28(37)41)36-17-29(18-36)15-35(16-29)11-19-1-3-20(4-2-19)30-12-31(13-30,14-30)25-10-24(27(39)40)42-34-25/h1-6,9-10H,7-8,11-18H2,(H,39,40)(H,33,38,41). The fourth-order valence-electron chi connectivity index (χ4n) is 8.08. The number of rotatable bonds is 7. The summed E-state index contributed by atoms with van der Waals surface area (Å²) < 4.78 is 19.9. The summed E-state index contributed by atoms with van der Waals surface area (Å²) >= 11 is 0. The molecule has 3 amide bonds. The fourth-order valence-corrected chi connectivity index (χ4v) is 8.08. The van der Waals surface area contributed by atoms with E-state index in [0.29, 0.717) is 0 Å². The molecule has 4 heterocycles. The molecule has 0 unspecified atom stereocenters. The molecule has 42 heavy (non-hydrogen) atoms. The van der Waals surface area contributed by atoms with Crippen LogP contribution in [-0.4, -0.2) is 65.8 Å². The van der Waals surface area contributed by atoms with Crippen molar-refractivity contribution in [2.75, 3.05) is 42.5 Å². The number of amides is 3. The van der Waals surface area contributed by atoms with Gasteiger partial charge in [-0.15, -0.1) is 0 Å². The highest BCUT2D eigenvalue weighted by molar-refractivity contribution is 6.05. The van der Waals surface area contributed by atoms with Crippen molar-refractivity contribution < 1.29 is 28.4 Å². The van der Waals surface area contributed by atoms with Gasteiger partial charge in [-0.05, 0) is 54.0 Å². The molecule has 3 saturated carbocycles. The Labute approximate surface area is 241 Å². The van der Waals surface area contributed by atoms with Crippen LogP contribution in [-0.2, 0) is 22.2 Å². The Morgan fingerprint density at radius 2 is 1.74 bits per heavy atom. The lowest BCUT2D eigenvalue weighted by atomic mass is 9.32. The third-order valence-electron chi connectivity index (χ3n) is 10.1. The van der Waals surface area contributed by atoms with Gasteiger partial charge in [-0.25, -0.2) is 14.0 Å². The van der Waals surface area contributed by atoms with Crippen LogP contribution in [0.25, 0.3) is 0 Å². The normalized spacial score (nSPS) is 27.5. The number of hydrogen-bond acceptors (Lipinski definition) is 7. The van der Waals surface area contributed by atoms with Crippen molar-refractivity contribution in [2.45, 2.75) is 43.1 Å². The van der Waals surface area contributed by atoms with E-state index in [1.807, 2.05) is 6.07 Å². The Balaban J connectivity index is 0.824. The van der Waals surface area contributed by atoms with Gasteiger partial charge < -0.3 is 14.5 Å². The van der Waals surface area contributed by atoms with E-state index in [1.165, 1.54) is 22.1 Å². The van der Waals surface area contributed by atoms with Gasteiger partial charge in [0.25, 0.3) is 0 Å². The van der Waals surface area contributed by atoms with E-state index in [4.69, 9.17) is 9.63 Å². The summed E-state index contributed by atoms with van der Waals surface area (Å²) in [7, 11) is 0. The van der Waals surface area contributed by atoms with E-state index in [-0.39, 0.29) is 46.6 Å². The molecule has 6 aliphatic rings. The largest absolute Gasteiger partial charge is 0.475 e. The van der Waals surface area contributed by atoms with Gasteiger partial charge in [0.15, 0.2) is 0 Å². The third kappa shape index (κ3) is 3.79. The summed E-state index contributed by atoms with van der Waals surface area (Å²) in [6.07, 6.45) is 3.11. The lowest BCUT2D eigenvalue weighted by molar-refractivity contribution is -0.120. The van der Waals surface area contributed by atoms with Gasteiger partial charge in [0.05, 0.1) is 11.4 Å². The Morgan fingerprint density at radius 3 is 2.38 bits per heavy atom. The van der Waals surface area contributed by atoms with E-state index in [0.717, 1.165) is 63.4 Å². The van der Waals surface area contributed by atoms with Crippen molar-refractivity contribution in [3.63, 3.8) is 0 Å². The molecule has 1 aromatic heterocycles. The summed E-state index contributed by atoms with van der Waals surface area (Å²) in [4.78, 5) is 40.5. The molecule has 3 aliphatic heterocycles. The van der Waals surface area contributed by atoms with E-state index in [9.17, 15) is 18.8 Å². The first-order valence-electron chi connectivity index (χ1n) is 14.3. The van der Waals surface area contributed by atoms with Crippen LogP contribution in [0.5, 0.6) is 0 Å². The van der Waals surface area contributed by atoms with Gasteiger partial charge in [0.1, 0.15) is 5.82 Å². The number of carboxylic acid groups (broad SMARTS) is 1. The zero-order valence-electron chi connectivity index (χ0n) is 22.9. The van der Waals surface area contributed by atoms with Gasteiger partial charge in [0, 0.05) is 68.3 Å². The Morgan fingerprint density at radius 1 is 1.00 bits per heavy atom. The second kappa shape index (κ2) is 8.64. The van der Waals surface area contributed by atoms with E-state index in [2.05, 4.69) is 44.5 Å². The first-order chi connectivity index (χ1) is 20.1. The van der Waals surface area contributed by atoms with Gasteiger partial charge in [-0.2, -0.15) is 0 Å². The van der Waals surface area contributed by atoms with Crippen LogP contribution in [0.4, 0.5) is 20.6 Å². The SMILES string of the molecule is O=C1CCN(c2ccc(N3CC4(CN(Cc5ccc(C67CC(c8cc(C(=O)O)on8)(C6)C7)cc5)C4)C3)cc2F)C(=O)N1. The second-order valence-corrected chi connectivity index (χ2v) is 13.1. The lowest BCUT2D eigenvalue weighted by Crippen LogP contribution is -2.72. The van der Waals surface area contributed by atoms with Gasteiger partial charge >= 0.3 is 12.0 Å². The Hall–Kier alpha value is -4.25. The van der Waals surface area contributed by atoms with Crippen LogP contribution in [0.3, 0.4) is 0 Å². The lowest BCUT2D eigenvalue weighted by Gasteiger charge is -2.70. The van der Waals surface area contributed by atoms with Crippen LogP contribution in [0.1, 0.15) is 53.1 Å². The molecule has 2 N–H and O–H groups in total. The number of nitrogens with zero attached hydrogens (tertiary/aromatic N) is 4. The minimum Gasteiger partial charge on any atom is -0.475 e. The smallest absolute Gasteiger partial charge is 0.374 e. The number of anilines is 2. The summed E-state index contributed by atoms with van der Waals surface area (Å²) in [5.41, 5.74) is 4.79. The Kier molecular flexibility index (Phi) is 5.23. The number of benzene rings is 2. The quantitative estimate of drug-likeness (QED) is 0.441. The number of halogens is 1. The monoisotopic (exact) mass is 571 g/mol. The molecule has 2 aromatic carbocycles. The number of imide groups is 1. The molecular formula is C31H30FN5O5. The molecule has 9 rings (SSSR count). The van der Waals surface area contributed by atoms with Crippen LogP contribution in [0.15, 0.2) is 53.1 Å². The number of carbonyl (C=O) groups is 3. The molecule has 1 spiro atoms. The fraction of sp³-hybridized carbons (Fsp3) is 0.419. The van der Waals surface area contributed by atoms with Gasteiger partial charge in [-0.3, -0.25) is 19.9 Å². The number of urea groups is 1. The van der Waals surface area contributed by atoms with Crippen molar-refractivity contribution in [1.82, 2.24) is 15.4 Å². The second-order valence-electron chi connectivity index (χ2n) is 13.1. The first kappa shape index (κ1) is 25.5. The van der Waals surface area contributed by atoms with Crippen molar-refractivity contribution in [2.24, 2.45) is 5.41 Å². The number of carboxylic acids is 1. The average Bonchev–Trinajstić information content (AvgIpc) is 3.35. The number of nitrogens with one attached hydrogen (secondary N) is 1. The molecule has 0 atom stereocenters. The van der Waals surface area contributed by atoms with Crippen LogP contribution in [0.2, 0.25) is 0 Å². The van der Waals surface area contributed by atoms with E-state index >= 15 is 0 Å². The van der Waals surface area contributed by atoms with Crippen molar-refractivity contribution in [1.29, 1.82) is 0 Å². The molecule has 10 nitrogen and oxygen atoms in total. The maximum atomic E-state index is 14.9. The molecule has 0 radical (unpaired) electrons. The maximum absolute atomic E-state index is 14.9. The number of likely N-dealkylation sites (tertiary alicyclic amines) is 1. The number of aromatic nitrogens is 1. The zero-order valence-corrected chi connectivity index (χ0v) is 22.9. The first-order valence-corrected chi connectivity index (χ1v) is 14.3. The van der Waals surface area contributed by atoms with Crippen LogP contribution < -0.4 is 15.1 Å². The summed E-state index contributed by atoms with van der Waals surface area (Å²) in [5.74, 6) is -1.98. The van der Waals surface area contributed by atoms with Gasteiger partial charge in [-0.1, -0.05) is 29.4 Å². The van der Waals surface area contributed by atoms with E-state index < -0.39 is 17.8 Å². The van der Waals surface area contributed by atoms with Crippen molar-refractivity contribution in [3.8, 4) is 0 Å².